The van der Waals surface area contributed by atoms with Crippen LogP contribution in [0.4, 0.5) is 5.69 Å². The summed E-state index contributed by atoms with van der Waals surface area (Å²) in [5.41, 5.74) is 0.659. The van der Waals surface area contributed by atoms with Gasteiger partial charge in [0.25, 0.3) is 11.2 Å². The lowest BCUT2D eigenvalue weighted by molar-refractivity contribution is -0.384. The maximum absolute atomic E-state index is 12.9. The third kappa shape index (κ3) is 4.14. The number of halogens is 1. The molecule has 1 N–H and O–H groups in total. The molecule has 0 saturated carbocycles. The van der Waals surface area contributed by atoms with Crippen LogP contribution >= 0.6 is 15.9 Å². The summed E-state index contributed by atoms with van der Waals surface area (Å²) in [5.74, 6) is -0.352. The molecule has 11 heteroatoms. The Morgan fingerprint density at radius 2 is 1.94 bits per heavy atom. The third-order valence-corrected chi connectivity index (χ3v) is 5.45. The maximum atomic E-state index is 12.9. The summed E-state index contributed by atoms with van der Waals surface area (Å²) in [7, 11) is 0. The van der Waals surface area contributed by atoms with Crippen molar-refractivity contribution >= 4 is 38.6 Å². The van der Waals surface area contributed by atoms with E-state index in [9.17, 15) is 19.7 Å². The first-order valence-corrected chi connectivity index (χ1v) is 10.4. The Balaban J connectivity index is 1.59. The molecule has 2 aromatic heterocycles. The number of rotatable bonds is 6. The summed E-state index contributed by atoms with van der Waals surface area (Å²) in [4.78, 5) is 40.4. The molecule has 1 atom stereocenters. The first-order chi connectivity index (χ1) is 15.3. The number of hydrogen-bond acceptors (Lipinski definition) is 6. The second kappa shape index (κ2) is 8.71. The lowest BCUT2D eigenvalue weighted by atomic mass is 10.1. The summed E-state index contributed by atoms with van der Waals surface area (Å²) >= 11 is 3.37. The zero-order chi connectivity index (χ0) is 22.8. The molecule has 0 aliphatic heterocycles. The number of hydrogen-bond donors (Lipinski definition) is 1. The van der Waals surface area contributed by atoms with Gasteiger partial charge in [-0.1, -0.05) is 40.2 Å². The van der Waals surface area contributed by atoms with Gasteiger partial charge in [-0.2, -0.15) is 5.10 Å². The lowest BCUT2D eigenvalue weighted by Gasteiger charge is -2.15. The van der Waals surface area contributed by atoms with Gasteiger partial charge < -0.3 is 5.32 Å². The maximum Gasteiger partial charge on any atom is 0.294 e. The molecule has 1 amide bonds. The van der Waals surface area contributed by atoms with Crippen LogP contribution in [0.2, 0.25) is 0 Å². The van der Waals surface area contributed by atoms with Crippen LogP contribution in [-0.2, 0) is 11.3 Å². The Labute approximate surface area is 189 Å². The van der Waals surface area contributed by atoms with E-state index in [4.69, 9.17) is 0 Å². The number of nitrogens with one attached hydrogen (secondary N) is 1. The molecule has 0 bridgehead atoms. The fourth-order valence-electron chi connectivity index (χ4n) is 3.31. The number of nitro groups is 1. The van der Waals surface area contributed by atoms with Crippen LogP contribution in [0.1, 0.15) is 18.5 Å². The summed E-state index contributed by atoms with van der Waals surface area (Å²) in [5, 5.41) is 18.5. The summed E-state index contributed by atoms with van der Waals surface area (Å²) < 4.78 is 3.36. The highest BCUT2D eigenvalue weighted by atomic mass is 79.9. The van der Waals surface area contributed by atoms with Crippen molar-refractivity contribution in [1.82, 2.24) is 24.6 Å². The highest BCUT2D eigenvalue weighted by Gasteiger charge is 2.20. The Kier molecular flexibility index (Phi) is 5.82. The Bertz CT molecular complexity index is 1380. The van der Waals surface area contributed by atoms with Crippen molar-refractivity contribution < 1.29 is 9.72 Å². The summed E-state index contributed by atoms with van der Waals surface area (Å²) in [6, 6.07) is 13.4. The molecule has 0 radical (unpaired) electrons. The van der Waals surface area contributed by atoms with Crippen LogP contribution in [0.25, 0.3) is 16.7 Å². The Hall–Kier alpha value is -3.86. The number of nitrogens with zero attached hydrogens (tertiary/aromatic N) is 5. The molecular formula is C21H17BrN6O4. The van der Waals surface area contributed by atoms with Crippen molar-refractivity contribution in [3.8, 4) is 5.69 Å². The highest BCUT2D eigenvalue weighted by Crippen LogP contribution is 2.24. The zero-order valence-electron chi connectivity index (χ0n) is 16.8. The van der Waals surface area contributed by atoms with Gasteiger partial charge in [0, 0.05) is 10.5 Å². The smallest absolute Gasteiger partial charge is 0.294 e. The van der Waals surface area contributed by atoms with Gasteiger partial charge in [-0.25, -0.2) is 9.67 Å². The normalized spacial score (nSPS) is 11.9. The van der Waals surface area contributed by atoms with Crippen LogP contribution in [0.15, 0.2) is 70.3 Å². The molecule has 10 nitrogen and oxygen atoms in total. The van der Waals surface area contributed by atoms with Crippen molar-refractivity contribution in [2.75, 3.05) is 0 Å². The standard InChI is InChI=1S/C21H17BrN6O4/c1-13(14-6-8-15(22)9-7-14)25-19(29)11-26-12-23-20-16(21(26)30)10-24-27(20)17-4-2-3-5-18(17)28(31)32/h2-10,12-13H,11H2,1H3,(H,25,29). The quantitative estimate of drug-likeness (QED) is 0.322. The van der Waals surface area contributed by atoms with E-state index in [0.717, 1.165) is 10.0 Å². The van der Waals surface area contributed by atoms with E-state index in [1.54, 1.807) is 12.1 Å². The van der Waals surface area contributed by atoms with E-state index in [2.05, 4.69) is 31.3 Å². The van der Waals surface area contributed by atoms with Gasteiger partial charge in [0.1, 0.15) is 23.9 Å². The van der Waals surface area contributed by atoms with E-state index in [0.29, 0.717) is 0 Å². The van der Waals surface area contributed by atoms with Crippen molar-refractivity contribution in [2.24, 2.45) is 0 Å². The number of para-hydroxylation sites is 2. The number of fused-ring (bicyclic) bond motifs is 1. The van der Waals surface area contributed by atoms with Gasteiger partial charge in [-0.15, -0.1) is 0 Å². The fraction of sp³-hybridized carbons (Fsp3) is 0.143. The average molecular weight is 497 g/mol. The Morgan fingerprint density at radius 1 is 1.22 bits per heavy atom. The van der Waals surface area contributed by atoms with E-state index < -0.39 is 10.5 Å². The van der Waals surface area contributed by atoms with Gasteiger partial charge in [-0.3, -0.25) is 24.3 Å². The molecule has 2 aromatic carbocycles. The molecule has 4 rings (SSSR count). The number of nitro benzene ring substituents is 1. The van der Waals surface area contributed by atoms with E-state index >= 15 is 0 Å². The van der Waals surface area contributed by atoms with Gasteiger partial charge in [0.05, 0.1) is 17.2 Å². The molecule has 0 saturated heterocycles. The van der Waals surface area contributed by atoms with Crippen LogP contribution in [0.3, 0.4) is 0 Å². The van der Waals surface area contributed by atoms with E-state index in [1.807, 2.05) is 31.2 Å². The van der Waals surface area contributed by atoms with Crippen LogP contribution < -0.4 is 10.9 Å². The monoisotopic (exact) mass is 496 g/mol. The molecular weight excluding hydrogens is 480 g/mol. The predicted octanol–water partition coefficient (Wildman–Crippen LogP) is 3.13. The van der Waals surface area contributed by atoms with Gasteiger partial charge in [-0.05, 0) is 30.7 Å². The number of amides is 1. The largest absolute Gasteiger partial charge is 0.348 e. The van der Waals surface area contributed by atoms with Crippen LogP contribution in [0, 0.1) is 10.1 Å². The molecule has 4 aromatic rings. The summed E-state index contributed by atoms with van der Waals surface area (Å²) in [6.07, 6.45) is 2.53. The number of benzene rings is 2. The topological polar surface area (TPSA) is 125 Å². The van der Waals surface area contributed by atoms with Gasteiger partial charge >= 0.3 is 0 Å². The second-order valence-corrected chi connectivity index (χ2v) is 7.97. The van der Waals surface area contributed by atoms with Gasteiger partial charge in [0.15, 0.2) is 5.65 Å². The average Bonchev–Trinajstić information content (AvgIpc) is 3.20. The minimum absolute atomic E-state index is 0.152. The second-order valence-electron chi connectivity index (χ2n) is 7.06. The number of aromatic nitrogens is 4. The molecule has 0 aliphatic rings. The Morgan fingerprint density at radius 3 is 2.66 bits per heavy atom. The van der Waals surface area contributed by atoms with Crippen molar-refractivity contribution in [1.29, 1.82) is 0 Å². The fourth-order valence-corrected chi connectivity index (χ4v) is 3.58. The number of carbonyl (C=O) groups excluding carboxylic acids is 1. The van der Waals surface area contributed by atoms with E-state index in [-0.39, 0.29) is 40.9 Å². The molecule has 0 fully saturated rings. The SMILES string of the molecule is CC(NC(=O)Cn1cnc2c(cnn2-c2ccccc2[N+](=O)[O-])c1=O)c1ccc(Br)cc1. The van der Waals surface area contributed by atoms with Gasteiger partial charge in [0.2, 0.25) is 5.91 Å². The molecule has 1 unspecified atom stereocenters. The molecule has 32 heavy (non-hydrogen) atoms. The molecule has 0 spiro atoms. The lowest BCUT2D eigenvalue weighted by Crippen LogP contribution is -2.33. The third-order valence-electron chi connectivity index (χ3n) is 4.92. The van der Waals surface area contributed by atoms with Crippen molar-refractivity contribution in [3.05, 3.63) is 91.6 Å². The minimum atomic E-state index is -0.527. The van der Waals surface area contributed by atoms with Crippen molar-refractivity contribution in [2.45, 2.75) is 19.5 Å². The minimum Gasteiger partial charge on any atom is -0.348 e. The molecule has 162 valence electrons. The zero-order valence-corrected chi connectivity index (χ0v) is 18.4. The predicted molar refractivity (Wildman–Crippen MR) is 120 cm³/mol. The first kappa shape index (κ1) is 21.4. The molecule has 2 heterocycles. The highest BCUT2D eigenvalue weighted by molar-refractivity contribution is 9.10. The van der Waals surface area contributed by atoms with Crippen LogP contribution in [-0.4, -0.2) is 30.2 Å². The number of carbonyl (C=O) groups is 1. The first-order valence-electron chi connectivity index (χ1n) is 9.57. The van der Waals surface area contributed by atoms with E-state index in [1.165, 1.54) is 33.9 Å². The van der Waals surface area contributed by atoms with Crippen molar-refractivity contribution in [3.63, 3.8) is 0 Å². The van der Waals surface area contributed by atoms with Crippen LogP contribution in [0.5, 0.6) is 0 Å². The molecule has 0 aliphatic carbocycles. The summed E-state index contributed by atoms with van der Waals surface area (Å²) in [6.45, 7) is 1.63.